The maximum atomic E-state index is 9.45. The van der Waals surface area contributed by atoms with Gasteiger partial charge in [0.25, 0.3) is 0 Å². The molecule has 14 heavy (non-hydrogen) atoms. The van der Waals surface area contributed by atoms with Crippen molar-refractivity contribution in [1.82, 2.24) is 0 Å². The summed E-state index contributed by atoms with van der Waals surface area (Å²) in [4.78, 5) is 0. The number of allylic oxidation sites excluding steroid dienone is 2. The molecule has 0 aromatic carbocycles. The number of nitriles is 1. The van der Waals surface area contributed by atoms with Gasteiger partial charge in [-0.05, 0) is 44.4 Å². The molecule has 1 saturated carbocycles. The van der Waals surface area contributed by atoms with E-state index in [1.807, 2.05) is 0 Å². The first kappa shape index (κ1) is 9.77. The van der Waals surface area contributed by atoms with Gasteiger partial charge in [0, 0.05) is 0 Å². The van der Waals surface area contributed by atoms with E-state index in [2.05, 4.69) is 19.1 Å². The van der Waals surface area contributed by atoms with Crippen LogP contribution in [-0.2, 0) is 0 Å². The summed E-state index contributed by atoms with van der Waals surface area (Å²) in [5.41, 5.74) is 1.40. The number of nitrogens with zero attached hydrogens (tertiary/aromatic N) is 1. The summed E-state index contributed by atoms with van der Waals surface area (Å²) in [7, 11) is 0. The van der Waals surface area contributed by atoms with E-state index in [4.69, 9.17) is 0 Å². The van der Waals surface area contributed by atoms with Gasteiger partial charge in [-0.3, -0.25) is 0 Å². The van der Waals surface area contributed by atoms with Crippen LogP contribution in [-0.4, -0.2) is 0 Å². The zero-order valence-corrected chi connectivity index (χ0v) is 9.05. The highest BCUT2D eigenvalue weighted by atomic mass is 14.5. The molecule has 0 aliphatic heterocycles. The Morgan fingerprint density at radius 2 is 2.29 bits per heavy atom. The number of hydrogen-bond donors (Lipinski definition) is 0. The fourth-order valence-electron chi connectivity index (χ4n) is 3.14. The normalized spacial score (nSPS) is 37.7. The van der Waals surface area contributed by atoms with Gasteiger partial charge in [0.2, 0.25) is 0 Å². The van der Waals surface area contributed by atoms with Crippen LogP contribution >= 0.6 is 0 Å². The van der Waals surface area contributed by atoms with Gasteiger partial charge in [-0.15, -0.1) is 0 Å². The van der Waals surface area contributed by atoms with Crippen LogP contribution in [0.1, 0.15) is 51.9 Å². The Kier molecular flexibility index (Phi) is 2.63. The van der Waals surface area contributed by atoms with Gasteiger partial charge in [0.15, 0.2) is 0 Å². The Morgan fingerprint density at radius 1 is 1.43 bits per heavy atom. The van der Waals surface area contributed by atoms with Crippen LogP contribution in [0.2, 0.25) is 0 Å². The molecule has 0 saturated heterocycles. The van der Waals surface area contributed by atoms with Crippen molar-refractivity contribution in [2.24, 2.45) is 11.3 Å². The number of hydrogen-bond acceptors (Lipinski definition) is 1. The second-order valence-electron chi connectivity index (χ2n) is 4.85. The van der Waals surface area contributed by atoms with Crippen molar-refractivity contribution >= 4 is 0 Å². The van der Waals surface area contributed by atoms with Gasteiger partial charge >= 0.3 is 0 Å². The molecular formula is C13H19N. The average molecular weight is 189 g/mol. The van der Waals surface area contributed by atoms with Gasteiger partial charge in [0.05, 0.1) is 11.5 Å². The Hall–Kier alpha value is -0.770. The molecule has 0 bridgehead atoms. The van der Waals surface area contributed by atoms with Crippen molar-refractivity contribution in [1.29, 1.82) is 5.26 Å². The molecule has 0 aromatic heterocycles. The Bertz CT molecular complexity index is 284. The largest absolute Gasteiger partial charge is 0.197 e. The van der Waals surface area contributed by atoms with E-state index in [1.165, 1.54) is 44.1 Å². The molecule has 0 aromatic rings. The third-order valence-corrected chi connectivity index (χ3v) is 4.11. The van der Waals surface area contributed by atoms with E-state index in [0.717, 1.165) is 6.42 Å². The molecule has 0 N–H and O–H groups in total. The van der Waals surface area contributed by atoms with Gasteiger partial charge in [0.1, 0.15) is 0 Å². The van der Waals surface area contributed by atoms with E-state index in [9.17, 15) is 5.26 Å². The molecule has 2 atom stereocenters. The molecular weight excluding hydrogens is 170 g/mol. The minimum Gasteiger partial charge on any atom is -0.197 e. The molecule has 1 nitrogen and oxygen atoms in total. The third-order valence-electron chi connectivity index (χ3n) is 4.11. The standard InChI is InChI=1S/C13H19N/c1-11-6-5-9-13(11,10-14)12-7-3-2-4-8-12/h7,11H,2-6,8-9H2,1H3. The Morgan fingerprint density at radius 3 is 2.79 bits per heavy atom. The summed E-state index contributed by atoms with van der Waals surface area (Å²) < 4.78 is 0. The fourth-order valence-corrected chi connectivity index (χ4v) is 3.14. The topological polar surface area (TPSA) is 23.8 Å². The zero-order valence-electron chi connectivity index (χ0n) is 9.05. The first-order valence-electron chi connectivity index (χ1n) is 5.90. The van der Waals surface area contributed by atoms with Crippen molar-refractivity contribution < 1.29 is 0 Å². The molecule has 2 aliphatic carbocycles. The van der Waals surface area contributed by atoms with Crippen LogP contribution in [0.5, 0.6) is 0 Å². The van der Waals surface area contributed by atoms with Crippen molar-refractivity contribution in [3.8, 4) is 6.07 Å². The lowest BCUT2D eigenvalue weighted by atomic mass is 9.70. The van der Waals surface area contributed by atoms with Gasteiger partial charge in [-0.1, -0.05) is 25.0 Å². The molecule has 0 radical (unpaired) electrons. The van der Waals surface area contributed by atoms with E-state index >= 15 is 0 Å². The van der Waals surface area contributed by atoms with Crippen molar-refractivity contribution in [2.45, 2.75) is 51.9 Å². The second kappa shape index (κ2) is 3.77. The summed E-state index contributed by atoms with van der Waals surface area (Å²) in [5, 5.41) is 9.45. The van der Waals surface area contributed by atoms with Gasteiger partial charge in [-0.25, -0.2) is 0 Å². The molecule has 2 unspecified atom stereocenters. The Balaban J connectivity index is 2.28. The van der Waals surface area contributed by atoms with Gasteiger partial charge in [-0.2, -0.15) is 5.26 Å². The predicted molar refractivity (Wildman–Crippen MR) is 57.6 cm³/mol. The smallest absolute Gasteiger partial charge is 0.0808 e. The highest BCUT2D eigenvalue weighted by Gasteiger charge is 2.43. The molecule has 0 spiro atoms. The lowest BCUT2D eigenvalue weighted by Crippen LogP contribution is -2.25. The Labute approximate surface area is 86.8 Å². The lowest BCUT2D eigenvalue weighted by molar-refractivity contribution is 0.350. The highest BCUT2D eigenvalue weighted by molar-refractivity contribution is 5.28. The van der Waals surface area contributed by atoms with E-state index < -0.39 is 0 Å². The highest BCUT2D eigenvalue weighted by Crippen LogP contribution is 2.50. The second-order valence-corrected chi connectivity index (χ2v) is 4.85. The summed E-state index contributed by atoms with van der Waals surface area (Å²) >= 11 is 0. The molecule has 0 heterocycles. The SMILES string of the molecule is CC1CCCC1(C#N)C1=CCCCC1. The summed E-state index contributed by atoms with van der Waals surface area (Å²) in [6.07, 6.45) is 10.9. The molecule has 1 fully saturated rings. The quantitative estimate of drug-likeness (QED) is 0.575. The van der Waals surface area contributed by atoms with E-state index in [1.54, 1.807) is 0 Å². The fraction of sp³-hybridized carbons (Fsp3) is 0.769. The van der Waals surface area contributed by atoms with Crippen LogP contribution in [0.4, 0.5) is 0 Å². The maximum absolute atomic E-state index is 9.45. The molecule has 76 valence electrons. The minimum atomic E-state index is -0.0690. The van der Waals surface area contributed by atoms with Crippen molar-refractivity contribution in [3.63, 3.8) is 0 Å². The monoisotopic (exact) mass is 189 g/mol. The summed E-state index contributed by atoms with van der Waals surface area (Å²) in [6.45, 7) is 2.26. The minimum absolute atomic E-state index is 0.0690. The van der Waals surface area contributed by atoms with Crippen molar-refractivity contribution in [3.05, 3.63) is 11.6 Å². The molecule has 1 heteroatoms. The van der Waals surface area contributed by atoms with Crippen LogP contribution in [0.3, 0.4) is 0 Å². The van der Waals surface area contributed by atoms with Crippen LogP contribution in [0, 0.1) is 22.7 Å². The first-order chi connectivity index (χ1) is 6.79. The predicted octanol–water partition coefficient (Wildman–Crippen LogP) is 3.82. The maximum Gasteiger partial charge on any atom is 0.0808 e. The molecule has 2 rings (SSSR count). The van der Waals surface area contributed by atoms with E-state index in [-0.39, 0.29) is 5.41 Å². The van der Waals surface area contributed by atoms with Crippen LogP contribution in [0.25, 0.3) is 0 Å². The summed E-state index contributed by atoms with van der Waals surface area (Å²) in [6, 6.07) is 2.63. The van der Waals surface area contributed by atoms with Crippen molar-refractivity contribution in [2.75, 3.05) is 0 Å². The van der Waals surface area contributed by atoms with Crippen LogP contribution < -0.4 is 0 Å². The molecule has 2 aliphatic rings. The first-order valence-corrected chi connectivity index (χ1v) is 5.90. The third kappa shape index (κ3) is 1.38. The zero-order chi connectivity index (χ0) is 10.0. The summed E-state index contributed by atoms with van der Waals surface area (Å²) in [5.74, 6) is 0.580. The lowest BCUT2D eigenvalue weighted by Gasteiger charge is -2.31. The number of rotatable bonds is 1. The van der Waals surface area contributed by atoms with Crippen LogP contribution in [0.15, 0.2) is 11.6 Å². The molecule has 0 amide bonds. The average Bonchev–Trinajstić information content (AvgIpc) is 2.62. The van der Waals surface area contributed by atoms with Gasteiger partial charge < -0.3 is 0 Å². The van der Waals surface area contributed by atoms with E-state index in [0.29, 0.717) is 5.92 Å².